The van der Waals surface area contributed by atoms with Crippen molar-refractivity contribution in [1.29, 1.82) is 0 Å². The third-order valence-electron chi connectivity index (χ3n) is 2.45. The Balaban J connectivity index is 2.15. The van der Waals surface area contributed by atoms with Gasteiger partial charge >= 0.3 is 0 Å². The topological polar surface area (TPSA) is 107 Å². The van der Waals surface area contributed by atoms with Crippen LogP contribution < -0.4 is 21.5 Å². The Kier molecular flexibility index (Phi) is 6.21. The van der Waals surface area contributed by atoms with Gasteiger partial charge in [0, 0.05) is 13.0 Å². The van der Waals surface area contributed by atoms with E-state index in [0.29, 0.717) is 37.2 Å². The number of nitrogens with one attached hydrogen (secondary N) is 1. The molecule has 0 unspecified atom stereocenters. The lowest BCUT2D eigenvalue weighted by atomic mass is 10.2. The smallest absolute Gasteiger partial charge is 0.257 e. The lowest BCUT2D eigenvalue weighted by molar-refractivity contribution is -0.123. The monoisotopic (exact) mass is 265 g/mol. The Labute approximate surface area is 112 Å². The average molecular weight is 265 g/mol. The zero-order valence-corrected chi connectivity index (χ0v) is 10.7. The quantitative estimate of drug-likeness (QED) is 0.467. The van der Waals surface area contributed by atoms with E-state index in [9.17, 15) is 9.59 Å². The zero-order valence-electron chi connectivity index (χ0n) is 10.7. The van der Waals surface area contributed by atoms with E-state index >= 15 is 0 Å². The highest BCUT2D eigenvalue weighted by Gasteiger charge is 2.04. The molecule has 6 heteroatoms. The van der Waals surface area contributed by atoms with Crippen LogP contribution >= 0.6 is 0 Å². The number of amides is 2. The van der Waals surface area contributed by atoms with Crippen molar-refractivity contribution >= 4 is 17.5 Å². The highest BCUT2D eigenvalue weighted by molar-refractivity contribution is 5.77. The fourth-order valence-corrected chi connectivity index (χ4v) is 1.46. The molecule has 0 heterocycles. The Morgan fingerprint density at radius 3 is 2.63 bits per heavy atom. The second kappa shape index (κ2) is 7.97. The van der Waals surface area contributed by atoms with Crippen LogP contribution in [0.5, 0.6) is 5.75 Å². The highest BCUT2D eigenvalue weighted by Crippen LogP contribution is 2.19. The maximum Gasteiger partial charge on any atom is 0.257 e. The van der Waals surface area contributed by atoms with E-state index in [1.165, 1.54) is 0 Å². The molecule has 1 rings (SSSR count). The van der Waals surface area contributed by atoms with Crippen molar-refractivity contribution in [2.75, 3.05) is 18.9 Å². The minimum atomic E-state index is -0.325. The minimum Gasteiger partial charge on any atom is -0.482 e. The first-order valence-corrected chi connectivity index (χ1v) is 6.12. The first kappa shape index (κ1) is 14.8. The Morgan fingerprint density at radius 1 is 1.21 bits per heavy atom. The maximum atomic E-state index is 11.5. The molecule has 0 aliphatic heterocycles. The van der Waals surface area contributed by atoms with Crippen LogP contribution in [0.25, 0.3) is 0 Å². The van der Waals surface area contributed by atoms with Crippen molar-refractivity contribution in [3.8, 4) is 5.75 Å². The van der Waals surface area contributed by atoms with Gasteiger partial charge in [0.25, 0.3) is 5.91 Å². The van der Waals surface area contributed by atoms with Crippen molar-refractivity contribution in [2.24, 2.45) is 5.73 Å². The summed E-state index contributed by atoms with van der Waals surface area (Å²) in [6.07, 6.45) is 1.72. The molecule has 0 bridgehead atoms. The van der Waals surface area contributed by atoms with E-state index in [1.54, 1.807) is 24.3 Å². The van der Waals surface area contributed by atoms with Gasteiger partial charge in [0.05, 0.1) is 5.69 Å². The van der Waals surface area contributed by atoms with Crippen LogP contribution in [-0.4, -0.2) is 25.0 Å². The number of nitrogens with two attached hydrogens (primary N) is 2. The average Bonchev–Trinajstić information content (AvgIpc) is 2.37. The van der Waals surface area contributed by atoms with Crippen LogP contribution in [0.15, 0.2) is 24.3 Å². The van der Waals surface area contributed by atoms with E-state index in [4.69, 9.17) is 16.2 Å². The van der Waals surface area contributed by atoms with Gasteiger partial charge in [-0.1, -0.05) is 12.1 Å². The molecule has 104 valence electrons. The predicted octanol–water partition coefficient (Wildman–Crippen LogP) is 0.419. The minimum absolute atomic E-state index is 0.0793. The second-order valence-electron chi connectivity index (χ2n) is 4.10. The summed E-state index contributed by atoms with van der Waals surface area (Å²) in [5.41, 5.74) is 11.2. The molecule has 6 nitrogen and oxygen atoms in total. The number of anilines is 1. The highest BCUT2D eigenvalue weighted by atomic mass is 16.5. The molecule has 1 aromatic carbocycles. The van der Waals surface area contributed by atoms with Crippen LogP contribution in [0.4, 0.5) is 5.69 Å². The Bertz CT molecular complexity index is 435. The molecular weight excluding hydrogens is 246 g/mol. The number of rotatable bonds is 8. The standard InChI is InChI=1S/C13H19N3O3/c14-10-5-1-2-6-11(10)19-9-13(18)16-8-4-3-7-12(15)17/h1-2,5-6H,3-4,7-9,14H2,(H2,15,17)(H,16,18). The summed E-state index contributed by atoms with van der Waals surface area (Å²) >= 11 is 0. The van der Waals surface area contributed by atoms with E-state index in [0.717, 1.165) is 0 Å². The Hall–Kier alpha value is -2.24. The van der Waals surface area contributed by atoms with Gasteiger partial charge in [0.15, 0.2) is 6.61 Å². The lowest BCUT2D eigenvalue weighted by Crippen LogP contribution is -2.29. The van der Waals surface area contributed by atoms with Crippen molar-refractivity contribution < 1.29 is 14.3 Å². The molecule has 0 fully saturated rings. The summed E-state index contributed by atoms with van der Waals surface area (Å²) in [6.45, 7) is 0.420. The van der Waals surface area contributed by atoms with Crippen LogP contribution in [0.3, 0.4) is 0 Å². The fourth-order valence-electron chi connectivity index (χ4n) is 1.46. The van der Waals surface area contributed by atoms with Gasteiger partial charge in [-0.05, 0) is 25.0 Å². The number of carbonyl (C=O) groups excluding carboxylic acids is 2. The first-order chi connectivity index (χ1) is 9.09. The number of hydrogen-bond donors (Lipinski definition) is 3. The molecule has 19 heavy (non-hydrogen) atoms. The van der Waals surface area contributed by atoms with Gasteiger partial charge in [-0.3, -0.25) is 9.59 Å². The largest absolute Gasteiger partial charge is 0.482 e. The maximum absolute atomic E-state index is 11.5. The summed E-state index contributed by atoms with van der Waals surface area (Å²) < 4.78 is 5.28. The van der Waals surface area contributed by atoms with E-state index in [2.05, 4.69) is 5.32 Å². The van der Waals surface area contributed by atoms with Crippen molar-refractivity contribution in [3.05, 3.63) is 24.3 Å². The van der Waals surface area contributed by atoms with Crippen molar-refractivity contribution in [3.63, 3.8) is 0 Å². The lowest BCUT2D eigenvalue weighted by Gasteiger charge is -2.08. The number of hydrogen-bond acceptors (Lipinski definition) is 4. The normalized spacial score (nSPS) is 9.89. The van der Waals surface area contributed by atoms with Crippen molar-refractivity contribution in [1.82, 2.24) is 5.32 Å². The summed E-state index contributed by atoms with van der Waals surface area (Å²) in [6, 6.07) is 6.99. The molecule has 2 amide bonds. The third kappa shape index (κ3) is 6.30. The number of unbranched alkanes of at least 4 members (excludes halogenated alkanes) is 1. The van der Waals surface area contributed by atoms with Gasteiger partial charge in [-0.2, -0.15) is 0 Å². The molecule has 0 aliphatic carbocycles. The van der Waals surface area contributed by atoms with E-state index < -0.39 is 0 Å². The van der Waals surface area contributed by atoms with E-state index in [-0.39, 0.29) is 18.4 Å². The number of primary amides is 1. The second-order valence-corrected chi connectivity index (χ2v) is 4.10. The van der Waals surface area contributed by atoms with Gasteiger partial charge < -0.3 is 21.5 Å². The predicted molar refractivity (Wildman–Crippen MR) is 72.4 cm³/mol. The van der Waals surface area contributed by atoms with Crippen LogP contribution in [0.2, 0.25) is 0 Å². The molecule has 0 saturated heterocycles. The van der Waals surface area contributed by atoms with Crippen LogP contribution in [-0.2, 0) is 9.59 Å². The Morgan fingerprint density at radius 2 is 1.95 bits per heavy atom. The summed E-state index contributed by atoms with van der Waals surface area (Å²) in [7, 11) is 0. The third-order valence-corrected chi connectivity index (χ3v) is 2.45. The van der Waals surface area contributed by atoms with E-state index in [1.807, 2.05) is 0 Å². The molecule has 0 saturated carbocycles. The van der Waals surface area contributed by atoms with Gasteiger partial charge in [0.2, 0.25) is 5.91 Å². The van der Waals surface area contributed by atoms with Gasteiger partial charge in [-0.15, -0.1) is 0 Å². The number of para-hydroxylation sites is 2. The number of benzene rings is 1. The SMILES string of the molecule is NC(=O)CCCCNC(=O)COc1ccccc1N. The van der Waals surface area contributed by atoms with Gasteiger partial charge in [0.1, 0.15) is 5.75 Å². The van der Waals surface area contributed by atoms with Crippen LogP contribution in [0, 0.1) is 0 Å². The summed E-state index contributed by atoms with van der Waals surface area (Å²) in [5, 5.41) is 2.69. The summed E-state index contributed by atoms with van der Waals surface area (Å²) in [4.78, 5) is 21.9. The number of ether oxygens (including phenoxy) is 1. The molecule has 0 aliphatic rings. The molecule has 5 N–H and O–H groups in total. The number of carbonyl (C=O) groups is 2. The molecule has 0 aromatic heterocycles. The molecular formula is C13H19N3O3. The van der Waals surface area contributed by atoms with Crippen LogP contribution in [0.1, 0.15) is 19.3 Å². The number of nitrogen functional groups attached to an aromatic ring is 1. The molecule has 1 aromatic rings. The molecule has 0 radical (unpaired) electrons. The van der Waals surface area contributed by atoms with Gasteiger partial charge in [-0.25, -0.2) is 0 Å². The fraction of sp³-hybridized carbons (Fsp3) is 0.385. The van der Waals surface area contributed by atoms with Crippen molar-refractivity contribution in [2.45, 2.75) is 19.3 Å². The first-order valence-electron chi connectivity index (χ1n) is 6.12. The molecule has 0 atom stereocenters. The summed E-state index contributed by atoms with van der Waals surface area (Å²) in [5.74, 6) is -0.0529. The zero-order chi connectivity index (χ0) is 14.1. The molecule has 0 spiro atoms.